The van der Waals surface area contributed by atoms with E-state index in [0.29, 0.717) is 18.2 Å². The largest absolute Gasteiger partial charge is 0.354 e. The van der Waals surface area contributed by atoms with Crippen molar-refractivity contribution in [3.63, 3.8) is 0 Å². The fourth-order valence-electron chi connectivity index (χ4n) is 1.90. The zero-order chi connectivity index (χ0) is 17.2. The molecule has 2 unspecified atom stereocenters. The molecule has 1 amide bonds. The van der Waals surface area contributed by atoms with Crippen molar-refractivity contribution in [2.75, 3.05) is 7.05 Å². The molecule has 2 atom stereocenters. The van der Waals surface area contributed by atoms with Crippen LogP contribution in [0.4, 0.5) is 0 Å². The molecule has 128 valence electrons. The second kappa shape index (κ2) is 9.87. The number of carbonyl (C=O) groups excluding carboxylic acids is 1. The van der Waals surface area contributed by atoms with Gasteiger partial charge in [-0.25, -0.2) is 0 Å². The Kier molecular flexibility index (Phi) is 8.16. The fraction of sp³-hybridized carbons (Fsp3) is 0.556. The van der Waals surface area contributed by atoms with E-state index in [1.165, 1.54) is 0 Å². The van der Waals surface area contributed by atoms with Gasteiger partial charge in [-0.15, -0.1) is 0 Å². The molecule has 0 saturated carbocycles. The maximum Gasteiger partial charge on any atom is 0.251 e. The van der Waals surface area contributed by atoms with Gasteiger partial charge < -0.3 is 16.0 Å². The van der Waals surface area contributed by atoms with Crippen LogP contribution in [0.5, 0.6) is 0 Å². The highest BCUT2D eigenvalue weighted by atomic mass is 16.1. The van der Waals surface area contributed by atoms with Crippen LogP contribution in [0.3, 0.4) is 0 Å². The van der Waals surface area contributed by atoms with Crippen molar-refractivity contribution in [1.29, 1.82) is 0 Å². The molecule has 0 radical (unpaired) electrons. The fourth-order valence-corrected chi connectivity index (χ4v) is 1.90. The quantitative estimate of drug-likeness (QED) is 0.535. The number of guanidine groups is 1. The molecule has 0 bridgehead atoms. The van der Waals surface area contributed by atoms with Crippen LogP contribution >= 0.6 is 0 Å². The first kappa shape index (κ1) is 19.0. The van der Waals surface area contributed by atoms with Crippen LogP contribution in [0.15, 0.2) is 29.3 Å². The van der Waals surface area contributed by atoms with E-state index in [9.17, 15) is 4.79 Å². The lowest BCUT2D eigenvalue weighted by Gasteiger charge is -2.16. The molecule has 1 aromatic rings. The summed E-state index contributed by atoms with van der Waals surface area (Å²) in [5.41, 5.74) is 1.80. The SMILES string of the molecule is CCC(C)NC(=O)c1ccc(CNC(=NC)NC(C)CC)cc1. The number of hydrogen-bond donors (Lipinski definition) is 3. The van der Waals surface area contributed by atoms with Gasteiger partial charge in [-0.1, -0.05) is 26.0 Å². The minimum absolute atomic E-state index is 0.0203. The molecule has 0 heterocycles. The lowest BCUT2D eigenvalue weighted by Crippen LogP contribution is -2.41. The molecule has 5 nitrogen and oxygen atoms in total. The Balaban J connectivity index is 2.55. The van der Waals surface area contributed by atoms with Crippen LogP contribution < -0.4 is 16.0 Å². The summed E-state index contributed by atoms with van der Waals surface area (Å²) in [5, 5.41) is 9.57. The zero-order valence-electron chi connectivity index (χ0n) is 14.9. The van der Waals surface area contributed by atoms with Crippen molar-refractivity contribution in [1.82, 2.24) is 16.0 Å². The number of amides is 1. The first-order valence-corrected chi connectivity index (χ1v) is 8.37. The van der Waals surface area contributed by atoms with Gasteiger partial charge in [0.15, 0.2) is 5.96 Å². The van der Waals surface area contributed by atoms with E-state index in [0.717, 1.165) is 24.4 Å². The molecule has 1 aromatic carbocycles. The highest BCUT2D eigenvalue weighted by Crippen LogP contribution is 2.05. The Labute approximate surface area is 140 Å². The first-order chi connectivity index (χ1) is 11.0. The number of nitrogens with one attached hydrogen (secondary N) is 3. The smallest absolute Gasteiger partial charge is 0.251 e. The van der Waals surface area contributed by atoms with Gasteiger partial charge in [0.05, 0.1) is 0 Å². The lowest BCUT2D eigenvalue weighted by molar-refractivity contribution is 0.0939. The molecule has 3 N–H and O–H groups in total. The maximum atomic E-state index is 12.0. The Morgan fingerprint density at radius 3 is 2.13 bits per heavy atom. The van der Waals surface area contributed by atoms with Crippen LogP contribution in [0.1, 0.15) is 56.5 Å². The minimum atomic E-state index is -0.0203. The van der Waals surface area contributed by atoms with Gasteiger partial charge in [0.2, 0.25) is 0 Å². The van der Waals surface area contributed by atoms with E-state index >= 15 is 0 Å². The van der Waals surface area contributed by atoms with Crippen LogP contribution in [-0.2, 0) is 6.54 Å². The van der Waals surface area contributed by atoms with Crippen LogP contribution in [0.2, 0.25) is 0 Å². The van der Waals surface area contributed by atoms with Gasteiger partial charge in [-0.3, -0.25) is 9.79 Å². The van der Waals surface area contributed by atoms with Gasteiger partial charge in [0.1, 0.15) is 0 Å². The van der Waals surface area contributed by atoms with Crippen LogP contribution in [0.25, 0.3) is 0 Å². The van der Waals surface area contributed by atoms with Crippen LogP contribution in [0, 0.1) is 0 Å². The highest BCUT2D eigenvalue weighted by molar-refractivity contribution is 5.94. The molecule has 0 saturated heterocycles. The molecule has 5 heteroatoms. The average Bonchev–Trinajstić information content (AvgIpc) is 2.58. The average molecular weight is 318 g/mol. The highest BCUT2D eigenvalue weighted by Gasteiger charge is 2.08. The molecule has 0 fully saturated rings. The molecule has 0 aliphatic carbocycles. The van der Waals surface area contributed by atoms with E-state index < -0.39 is 0 Å². The first-order valence-electron chi connectivity index (χ1n) is 8.37. The van der Waals surface area contributed by atoms with Gasteiger partial charge in [-0.2, -0.15) is 0 Å². The third-order valence-electron chi connectivity index (χ3n) is 3.89. The van der Waals surface area contributed by atoms with Crippen molar-refractivity contribution >= 4 is 11.9 Å². The topological polar surface area (TPSA) is 65.5 Å². The Bertz CT molecular complexity index is 510. The molecular formula is C18H30N4O. The van der Waals surface area contributed by atoms with Crippen LogP contribution in [-0.4, -0.2) is 31.0 Å². The molecule has 0 aliphatic rings. The Morgan fingerprint density at radius 2 is 1.61 bits per heavy atom. The number of nitrogens with zero attached hydrogens (tertiary/aromatic N) is 1. The molecule has 1 rings (SSSR count). The summed E-state index contributed by atoms with van der Waals surface area (Å²) in [5.74, 6) is 0.769. The molecular weight excluding hydrogens is 288 g/mol. The van der Waals surface area contributed by atoms with E-state index in [4.69, 9.17) is 0 Å². The number of carbonyl (C=O) groups is 1. The summed E-state index contributed by atoms with van der Waals surface area (Å²) in [7, 11) is 1.76. The summed E-state index contributed by atoms with van der Waals surface area (Å²) < 4.78 is 0. The van der Waals surface area contributed by atoms with Crippen molar-refractivity contribution < 1.29 is 4.79 Å². The summed E-state index contributed by atoms with van der Waals surface area (Å²) in [6.07, 6.45) is 1.97. The van der Waals surface area contributed by atoms with E-state index in [1.807, 2.05) is 31.2 Å². The second-order valence-corrected chi connectivity index (χ2v) is 5.86. The third kappa shape index (κ3) is 6.72. The number of rotatable bonds is 7. The Morgan fingerprint density at radius 1 is 1.04 bits per heavy atom. The predicted molar refractivity (Wildman–Crippen MR) is 96.7 cm³/mol. The van der Waals surface area contributed by atoms with Gasteiger partial charge in [-0.05, 0) is 44.4 Å². The van der Waals surface area contributed by atoms with Crippen molar-refractivity contribution in [3.8, 4) is 0 Å². The molecule has 0 aromatic heterocycles. The molecule has 23 heavy (non-hydrogen) atoms. The number of hydrogen-bond acceptors (Lipinski definition) is 2. The predicted octanol–water partition coefficient (Wildman–Crippen LogP) is 2.68. The normalized spacial score (nSPS) is 14.0. The summed E-state index contributed by atoms with van der Waals surface area (Å²) in [6.45, 7) is 8.99. The van der Waals surface area contributed by atoms with E-state index in [-0.39, 0.29) is 11.9 Å². The summed E-state index contributed by atoms with van der Waals surface area (Å²) in [6, 6.07) is 8.23. The number of aliphatic imine (C=N–C) groups is 1. The number of benzene rings is 1. The second-order valence-electron chi connectivity index (χ2n) is 5.86. The van der Waals surface area contributed by atoms with Gasteiger partial charge in [0, 0.05) is 31.2 Å². The van der Waals surface area contributed by atoms with Crippen molar-refractivity contribution in [3.05, 3.63) is 35.4 Å². The minimum Gasteiger partial charge on any atom is -0.354 e. The standard InChI is InChI=1S/C18H30N4O/c1-6-13(3)21-17(23)16-10-8-15(9-11-16)12-20-18(19-5)22-14(4)7-2/h8-11,13-14H,6-7,12H2,1-5H3,(H,21,23)(H2,19,20,22). The van der Waals surface area contributed by atoms with E-state index in [1.54, 1.807) is 7.05 Å². The van der Waals surface area contributed by atoms with Crippen molar-refractivity contribution in [2.24, 2.45) is 4.99 Å². The van der Waals surface area contributed by atoms with Crippen molar-refractivity contribution in [2.45, 2.75) is 59.2 Å². The monoisotopic (exact) mass is 318 g/mol. The third-order valence-corrected chi connectivity index (χ3v) is 3.89. The molecule has 0 aliphatic heterocycles. The Hall–Kier alpha value is -2.04. The lowest BCUT2D eigenvalue weighted by atomic mass is 10.1. The van der Waals surface area contributed by atoms with E-state index in [2.05, 4.69) is 41.7 Å². The van der Waals surface area contributed by atoms with Gasteiger partial charge in [0.25, 0.3) is 5.91 Å². The zero-order valence-corrected chi connectivity index (χ0v) is 14.9. The van der Waals surface area contributed by atoms with Gasteiger partial charge >= 0.3 is 0 Å². The summed E-state index contributed by atoms with van der Waals surface area (Å²) in [4.78, 5) is 16.2. The maximum absolute atomic E-state index is 12.0. The summed E-state index contributed by atoms with van der Waals surface area (Å²) >= 11 is 0. The molecule has 0 spiro atoms.